The maximum atomic E-state index is 9.03. The summed E-state index contributed by atoms with van der Waals surface area (Å²) in [5.41, 5.74) is 0. The molecule has 0 bridgehead atoms. The van der Waals surface area contributed by atoms with Gasteiger partial charge in [0.2, 0.25) is 0 Å². The van der Waals surface area contributed by atoms with Crippen LogP contribution in [0.25, 0.3) is 0 Å². The first-order valence-electron chi connectivity index (χ1n) is 0.993. The Morgan fingerprint density at radius 3 is 2.40 bits per heavy atom. The van der Waals surface area contributed by atoms with Crippen LogP contribution in [0.5, 0.6) is 0 Å². The largest absolute Gasteiger partial charge is 0.321 e. The van der Waals surface area contributed by atoms with Gasteiger partial charge in [-0.25, -0.2) is 0 Å². The van der Waals surface area contributed by atoms with Crippen LogP contribution in [0.1, 0.15) is 0 Å². The highest BCUT2D eigenvalue weighted by Gasteiger charge is 1.54. The van der Waals surface area contributed by atoms with E-state index in [2.05, 4.69) is 6.42 Å². The van der Waals surface area contributed by atoms with Crippen LogP contribution in [-0.2, 0) is 4.79 Å². The molecule has 0 atom stereocenters. The first-order valence-corrected chi connectivity index (χ1v) is 0.993. The van der Waals surface area contributed by atoms with Gasteiger partial charge in [0.1, 0.15) is 0 Å². The molecule has 25 valence electrons. The van der Waals surface area contributed by atoms with E-state index in [1.165, 1.54) is 6.41 Å². The molecule has 0 aliphatic rings. The first-order chi connectivity index (χ1) is 2.41. The number of amides is 1. The quantitative estimate of drug-likeness (QED) is 0.317. The normalized spacial score (nSPS) is 4.60. The maximum Gasteiger partial charge on any atom is 0.321 e. The molecule has 0 spiro atoms. The minimum atomic E-state index is 1.28. The van der Waals surface area contributed by atoms with Crippen LogP contribution in [-0.4, -0.2) is 6.41 Å². The van der Waals surface area contributed by atoms with E-state index in [0.717, 1.165) is 0 Å². The molecule has 1 N–H and O–H groups in total. The van der Waals surface area contributed by atoms with Crippen molar-refractivity contribution in [1.82, 2.24) is 5.32 Å². The van der Waals surface area contributed by atoms with Gasteiger partial charge in [0, 0.05) is 6.04 Å². The number of rotatable bonds is 1. The van der Waals surface area contributed by atoms with Crippen molar-refractivity contribution in [3.05, 3.63) is 0 Å². The van der Waals surface area contributed by atoms with Gasteiger partial charge in [-0.2, -0.15) is 0 Å². The van der Waals surface area contributed by atoms with E-state index in [-0.39, 0.29) is 0 Å². The summed E-state index contributed by atoms with van der Waals surface area (Å²) in [5, 5.41) is 1.83. The maximum absolute atomic E-state index is 9.03. The number of carbonyl (C=O) groups excluding carboxylic acids is 1. The lowest BCUT2D eigenvalue weighted by molar-refractivity contribution is 0.551. The first kappa shape index (κ1) is 4.03. The standard InChI is InChI=1S/C3H2NO/c1-2-4-3-5/h1H,(H,4,5). The van der Waals surface area contributed by atoms with E-state index in [9.17, 15) is 0 Å². The average molecular weight is 68.1 g/mol. The Kier molecular flexibility index (Phi) is 2.44. The molecule has 0 aromatic carbocycles. The Balaban J connectivity index is 2.75. The molecule has 0 heterocycles. The molecule has 1 amide bonds. The van der Waals surface area contributed by atoms with Crippen molar-refractivity contribution in [2.24, 2.45) is 0 Å². The van der Waals surface area contributed by atoms with Crippen LogP contribution in [0.15, 0.2) is 0 Å². The number of nitrogens with one attached hydrogen (secondary N) is 1. The summed E-state index contributed by atoms with van der Waals surface area (Å²) in [5.74, 6) is 0. The third-order valence-corrected chi connectivity index (χ3v) is 0.123. The molecule has 0 rings (SSSR count). The van der Waals surface area contributed by atoms with Crippen molar-refractivity contribution >= 4 is 6.41 Å². The predicted molar refractivity (Wildman–Crippen MR) is 17.7 cm³/mol. The van der Waals surface area contributed by atoms with Crippen LogP contribution < -0.4 is 5.32 Å². The Bertz CT molecular complexity index is 61.8. The van der Waals surface area contributed by atoms with Crippen molar-refractivity contribution in [2.75, 3.05) is 0 Å². The molecule has 1 radical (unpaired) electrons. The minimum Gasteiger partial charge on any atom is -0.277 e. The molecule has 0 aromatic rings. The molecule has 0 aliphatic heterocycles. The van der Waals surface area contributed by atoms with Crippen LogP contribution in [0, 0.1) is 12.5 Å². The van der Waals surface area contributed by atoms with Gasteiger partial charge < -0.3 is 0 Å². The summed E-state index contributed by atoms with van der Waals surface area (Å²) >= 11 is 0. The molecular formula is C3H2NO. The van der Waals surface area contributed by atoms with Crippen molar-refractivity contribution in [1.29, 1.82) is 0 Å². The Hall–Kier alpha value is -0.970. The lowest BCUT2D eigenvalue weighted by Gasteiger charge is -1.62. The lowest BCUT2D eigenvalue weighted by atomic mass is 11.1. The second kappa shape index (κ2) is 3.03. The van der Waals surface area contributed by atoms with Gasteiger partial charge in [-0.15, -0.1) is 0 Å². The van der Waals surface area contributed by atoms with Crippen LogP contribution in [0.4, 0.5) is 0 Å². The molecule has 5 heavy (non-hydrogen) atoms. The molecular weight excluding hydrogens is 66.0 g/mol. The van der Waals surface area contributed by atoms with Crippen molar-refractivity contribution in [3.8, 4) is 12.5 Å². The average Bonchev–Trinajstić information content (AvgIpc) is 1.41. The van der Waals surface area contributed by atoms with Gasteiger partial charge in [-0.05, 0) is 0 Å². The monoisotopic (exact) mass is 68.0 g/mol. The van der Waals surface area contributed by atoms with E-state index in [0.29, 0.717) is 0 Å². The summed E-state index contributed by atoms with van der Waals surface area (Å²) in [7, 11) is 0. The SMILES string of the molecule is C#CN[C]=O. The zero-order chi connectivity index (χ0) is 4.12. The molecule has 0 aromatic heterocycles. The summed E-state index contributed by atoms with van der Waals surface area (Å²) in [4.78, 5) is 9.03. The number of hydrogen-bond donors (Lipinski definition) is 1. The molecule has 2 heteroatoms. The molecule has 0 unspecified atom stereocenters. The van der Waals surface area contributed by atoms with Gasteiger partial charge in [-0.1, -0.05) is 6.42 Å². The summed E-state index contributed by atoms with van der Waals surface area (Å²) in [6.07, 6.45) is 5.80. The third kappa shape index (κ3) is 3.03. The van der Waals surface area contributed by atoms with Gasteiger partial charge >= 0.3 is 6.41 Å². The van der Waals surface area contributed by atoms with E-state index < -0.39 is 0 Å². The van der Waals surface area contributed by atoms with Crippen LogP contribution in [0.2, 0.25) is 0 Å². The fourth-order valence-corrected chi connectivity index (χ4v) is 0.0295. The molecule has 0 aliphatic carbocycles. The topological polar surface area (TPSA) is 29.1 Å². The molecule has 0 saturated carbocycles. The number of terminal acetylenes is 1. The predicted octanol–water partition coefficient (Wildman–Crippen LogP) is -0.766. The van der Waals surface area contributed by atoms with E-state index in [4.69, 9.17) is 4.79 Å². The lowest BCUT2D eigenvalue weighted by Crippen LogP contribution is -1.97. The van der Waals surface area contributed by atoms with E-state index >= 15 is 0 Å². The Morgan fingerprint density at radius 2 is 2.40 bits per heavy atom. The Labute approximate surface area is 30.2 Å². The fraction of sp³-hybridized carbons (Fsp3) is 0. The molecule has 0 saturated heterocycles. The minimum absolute atomic E-state index is 1.28. The van der Waals surface area contributed by atoms with E-state index in [1.54, 1.807) is 0 Å². The highest BCUT2D eigenvalue weighted by Crippen LogP contribution is 1.23. The second-order valence-corrected chi connectivity index (χ2v) is 0.371. The number of hydrogen-bond acceptors (Lipinski definition) is 1. The van der Waals surface area contributed by atoms with Crippen molar-refractivity contribution in [3.63, 3.8) is 0 Å². The van der Waals surface area contributed by atoms with Crippen molar-refractivity contribution in [2.45, 2.75) is 0 Å². The second-order valence-electron chi connectivity index (χ2n) is 0.371. The highest BCUT2D eigenvalue weighted by molar-refractivity contribution is 5.50. The van der Waals surface area contributed by atoms with Crippen LogP contribution >= 0.6 is 0 Å². The van der Waals surface area contributed by atoms with Gasteiger partial charge in [0.15, 0.2) is 0 Å². The summed E-state index contributed by atoms with van der Waals surface area (Å²) in [6, 6.07) is 1.84. The summed E-state index contributed by atoms with van der Waals surface area (Å²) < 4.78 is 0. The van der Waals surface area contributed by atoms with Gasteiger partial charge in [-0.3, -0.25) is 10.1 Å². The van der Waals surface area contributed by atoms with Gasteiger partial charge in [0.25, 0.3) is 0 Å². The Morgan fingerprint density at radius 1 is 1.80 bits per heavy atom. The highest BCUT2D eigenvalue weighted by atomic mass is 16.1. The fourth-order valence-electron chi connectivity index (χ4n) is 0.0295. The smallest absolute Gasteiger partial charge is 0.277 e. The van der Waals surface area contributed by atoms with E-state index in [1.807, 2.05) is 11.4 Å². The summed E-state index contributed by atoms with van der Waals surface area (Å²) in [6.45, 7) is 0. The third-order valence-electron chi connectivity index (χ3n) is 0.123. The molecule has 2 nitrogen and oxygen atoms in total. The zero-order valence-corrected chi connectivity index (χ0v) is 2.49. The molecule has 0 fully saturated rings. The zero-order valence-electron chi connectivity index (χ0n) is 2.49. The van der Waals surface area contributed by atoms with Gasteiger partial charge in [0.05, 0.1) is 0 Å². The van der Waals surface area contributed by atoms with Crippen molar-refractivity contribution < 1.29 is 4.79 Å². The van der Waals surface area contributed by atoms with Crippen LogP contribution in [0.3, 0.4) is 0 Å².